The third-order valence-corrected chi connectivity index (χ3v) is 2.04. The molecule has 2 rings (SSSR count). The number of rotatable bonds is 2. The van der Waals surface area contributed by atoms with Gasteiger partial charge in [0.15, 0.2) is 5.69 Å². The number of nitrogens with one attached hydrogen (secondary N) is 1. The summed E-state index contributed by atoms with van der Waals surface area (Å²) in [5, 5.41) is 10.6. The van der Waals surface area contributed by atoms with Crippen molar-refractivity contribution in [3.8, 4) is 0 Å². The van der Waals surface area contributed by atoms with E-state index in [0.717, 1.165) is 13.1 Å². The van der Waals surface area contributed by atoms with Gasteiger partial charge in [0.2, 0.25) is 0 Å². The topological polar surface area (TPSA) is 69.0 Å². The first-order valence-corrected chi connectivity index (χ1v) is 4.02. The fourth-order valence-corrected chi connectivity index (χ4v) is 1.11. The minimum absolute atomic E-state index is 0. The fourth-order valence-electron chi connectivity index (χ4n) is 1.11. The predicted octanol–water partition coefficient (Wildman–Crippen LogP) is -0.369. The van der Waals surface area contributed by atoms with Crippen LogP contribution in [0, 0.1) is 0 Å². The number of nitrogens with zero attached hydrogens (tertiary/aromatic N) is 3. The molecule has 1 fully saturated rings. The fraction of sp³-hybridized carbons (Fsp3) is 0.571. The van der Waals surface area contributed by atoms with Gasteiger partial charge in [-0.3, -0.25) is 0 Å². The van der Waals surface area contributed by atoms with Gasteiger partial charge in [0.1, 0.15) is 0 Å². The Hall–Kier alpha value is -1.14. The van der Waals surface area contributed by atoms with E-state index in [2.05, 4.69) is 20.4 Å². The number of esters is 1. The van der Waals surface area contributed by atoms with Gasteiger partial charge in [-0.1, -0.05) is 5.21 Å². The maximum absolute atomic E-state index is 11.0. The number of ether oxygens (including phenoxy) is 1. The minimum Gasteiger partial charge on any atom is -0.464 e. The molecule has 2 heterocycles. The Morgan fingerprint density at radius 2 is 2.43 bits per heavy atom. The molecule has 1 aromatic rings. The second-order valence-corrected chi connectivity index (χ2v) is 2.89. The van der Waals surface area contributed by atoms with Crippen LogP contribution in [0.1, 0.15) is 16.5 Å². The van der Waals surface area contributed by atoms with Gasteiger partial charge < -0.3 is 10.1 Å². The highest BCUT2D eigenvalue weighted by molar-refractivity contribution is 5.86. The molecule has 0 atom stereocenters. The zero-order valence-corrected chi connectivity index (χ0v) is 8.45. The standard InChI is InChI=1S/C7H10N4O2.ClH/c1-13-7(12)6-4-11(10-9-6)5-2-8-3-5;/h4-5,8H,2-3H2,1H3;1H. The molecule has 0 aromatic carbocycles. The molecule has 14 heavy (non-hydrogen) atoms. The van der Waals surface area contributed by atoms with Gasteiger partial charge in [0, 0.05) is 13.1 Å². The highest BCUT2D eigenvalue weighted by atomic mass is 35.5. The summed E-state index contributed by atoms with van der Waals surface area (Å²) >= 11 is 0. The van der Waals surface area contributed by atoms with Crippen molar-refractivity contribution in [3.05, 3.63) is 11.9 Å². The maximum Gasteiger partial charge on any atom is 0.360 e. The summed E-state index contributed by atoms with van der Waals surface area (Å²) in [5.74, 6) is -0.446. The van der Waals surface area contributed by atoms with Gasteiger partial charge in [-0.25, -0.2) is 9.48 Å². The number of carbonyl (C=O) groups is 1. The first-order chi connectivity index (χ1) is 6.31. The SMILES string of the molecule is COC(=O)c1cn(C2CNC2)nn1.Cl. The molecule has 0 bridgehead atoms. The van der Waals surface area contributed by atoms with Gasteiger partial charge in [-0.15, -0.1) is 17.5 Å². The van der Waals surface area contributed by atoms with Crippen molar-refractivity contribution in [1.82, 2.24) is 20.3 Å². The Bertz CT molecular complexity index is 323. The molecule has 7 heteroatoms. The van der Waals surface area contributed by atoms with Crippen LogP contribution in [0.2, 0.25) is 0 Å². The Morgan fingerprint density at radius 3 is 2.93 bits per heavy atom. The Labute approximate surface area is 87.0 Å². The van der Waals surface area contributed by atoms with Gasteiger partial charge in [-0.05, 0) is 0 Å². The number of hydrogen-bond donors (Lipinski definition) is 1. The Morgan fingerprint density at radius 1 is 1.71 bits per heavy atom. The van der Waals surface area contributed by atoms with Crippen molar-refractivity contribution in [2.75, 3.05) is 20.2 Å². The lowest BCUT2D eigenvalue weighted by Gasteiger charge is -2.26. The zero-order valence-electron chi connectivity index (χ0n) is 7.64. The molecule has 1 N–H and O–H groups in total. The number of methoxy groups -OCH3 is 1. The molecule has 6 nitrogen and oxygen atoms in total. The quantitative estimate of drug-likeness (QED) is 0.686. The molecule has 78 valence electrons. The van der Waals surface area contributed by atoms with Gasteiger partial charge >= 0.3 is 5.97 Å². The summed E-state index contributed by atoms with van der Waals surface area (Å²) < 4.78 is 6.19. The molecule has 0 unspecified atom stereocenters. The molecule has 0 amide bonds. The van der Waals surface area contributed by atoms with E-state index < -0.39 is 5.97 Å². The summed E-state index contributed by atoms with van der Waals surface area (Å²) in [5.41, 5.74) is 0.259. The lowest BCUT2D eigenvalue weighted by molar-refractivity contribution is 0.0594. The molecule has 0 saturated carbocycles. The predicted molar refractivity (Wildman–Crippen MR) is 50.5 cm³/mol. The first kappa shape index (κ1) is 10.9. The highest BCUT2D eigenvalue weighted by Crippen LogP contribution is 2.09. The maximum atomic E-state index is 11.0. The average molecular weight is 219 g/mol. The highest BCUT2D eigenvalue weighted by Gasteiger charge is 2.21. The number of halogens is 1. The molecule has 0 spiro atoms. The van der Waals surface area contributed by atoms with E-state index in [9.17, 15) is 4.79 Å². The van der Waals surface area contributed by atoms with Crippen LogP contribution in [0.4, 0.5) is 0 Å². The number of carbonyl (C=O) groups excluding carboxylic acids is 1. The van der Waals surface area contributed by atoms with Crippen LogP contribution in [-0.2, 0) is 4.74 Å². The molecular weight excluding hydrogens is 208 g/mol. The van der Waals surface area contributed by atoms with Crippen molar-refractivity contribution >= 4 is 18.4 Å². The Balaban J connectivity index is 0.000000980. The lowest BCUT2D eigenvalue weighted by Crippen LogP contribution is -2.43. The number of hydrogen-bond acceptors (Lipinski definition) is 5. The van der Waals surface area contributed by atoms with E-state index in [-0.39, 0.29) is 18.1 Å². The van der Waals surface area contributed by atoms with E-state index in [4.69, 9.17) is 0 Å². The molecule has 1 aromatic heterocycles. The van der Waals surface area contributed by atoms with Crippen LogP contribution in [0.15, 0.2) is 6.20 Å². The van der Waals surface area contributed by atoms with Crippen LogP contribution in [0.25, 0.3) is 0 Å². The summed E-state index contributed by atoms with van der Waals surface area (Å²) in [6, 6.07) is 0.325. The van der Waals surface area contributed by atoms with E-state index in [1.54, 1.807) is 10.9 Å². The summed E-state index contributed by atoms with van der Waals surface area (Å²) in [6.45, 7) is 1.76. The van der Waals surface area contributed by atoms with Gasteiger partial charge in [-0.2, -0.15) is 0 Å². The molecule has 0 radical (unpaired) electrons. The third kappa shape index (κ3) is 1.85. The minimum atomic E-state index is -0.446. The van der Waals surface area contributed by atoms with Crippen molar-refractivity contribution in [1.29, 1.82) is 0 Å². The van der Waals surface area contributed by atoms with Crippen molar-refractivity contribution in [3.63, 3.8) is 0 Å². The zero-order chi connectivity index (χ0) is 9.26. The lowest BCUT2D eigenvalue weighted by atomic mass is 10.2. The van der Waals surface area contributed by atoms with E-state index >= 15 is 0 Å². The van der Waals surface area contributed by atoms with Crippen LogP contribution in [-0.4, -0.2) is 41.2 Å². The van der Waals surface area contributed by atoms with E-state index in [0.29, 0.717) is 6.04 Å². The monoisotopic (exact) mass is 218 g/mol. The van der Waals surface area contributed by atoms with Crippen LogP contribution in [0.3, 0.4) is 0 Å². The van der Waals surface area contributed by atoms with E-state index in [1.807, 2.05) is 0 Å². The molecule has 1 saturated heterocycles. The average Bonchev–Trinajstić information content (AvgIpc) is 2.49. The van der Waals surface area contributed by atoms with Crippen LogP contribution >= 0.6 is 12.4 Å². The van der Waals surface area contributed by atoms with Crippen molar-refractivity contribution in [2.45, 2.75) is 6.04 Å². The van der Waals surface area contributed by atoms with Crippen LogP contribution < -0.4 is 5.32 Å². The van der Waals surface area contributed by atoms with E-state index in [1.165, 1.54) is 7.11 Å². The largest absolute Gasteiger partial charge is 0.464 e. The second kappa shape index (κ2) is 4.39. The normalized spacial score (nSPS) is 15.5. The summed E-state index contributed by atoms with van der Waals surface area (Å²) in [4.78, 5) is 11.0. The van der Waals surface area contributed by atoms with Gasteiger partial charge in [0.25, 0.3) is 0 Å². The molecule has 0 aliphatic carbocycles. The van der Waals surface area contributed by atoms with Crippen molar-refractivity contribution < 1.29 is 9.53 Å². The van der Waals surface area contributed by atoms with Crippen LogP contribution in [0.5, 0.6) is 0 Å². The third-order valence-electron chi connectivity index (χ3n) is 2.04. The Kier molecular flexibility index (Phi) is 3.43. The summed E-state index contributed by atoms with van der Waals surface area (Å²) in [6.07, 6.45) is 1.61. The van der Waals surface area contributed by atoms with Gasteiger partial charge in [0.05, 0.1) is 19.3 Å². The molecule has 1 aliphatic heterocycles. The second-order valence-electron chi connectivity index (χ2n) is 2.89. The van der Waals surface area contributed by atoms with Crippen molar-refractivity contribution in [2.24, 2.45) is 0 Å². The number of aromatic nitrogens is 3. The molecular formula is C7H11ClN4O2. The molecule has 1 aliphatic rings. The first-order valence-electron chi connectivity index (χ1n) is 4.02. The summed E-state index contributed by atoms with van der Waals surface area (Å²) in [7, 11) is 1.33. The smallest absolute Gasteiger partial charge is 0.360 e.